The second-order valence-electron chi connectivity index (χ2n) is 6.35. The van der Waals surface area contributed by atoms with E-state index in [-0.39, 0.29) is 11.9 Å². The molecule has 1 amide bonds. The standard InChI is InChI=1S/C20H24N4O/c1-14(2)23-20-21-12-19(13-22-20)10-7-17-5-8-18(9-6-17)11-15(3)24-16(4)25/h5-6,8-9,12-15H,11H2,1-4H3,(H,24,25)(H,21,22,23). The highest BCUT2D eigenvalue weighted by Crippen LogP contribution is 2.07. The Labute approximate surface area is 149 Å². The second kappa shape index (κ2) is 8.84. The summed E-state index contributed by atoms with van der Waals surface area (Å²) in [6.45, 7) is 7.60. The van der Waals surface area contributed by atoms with Gasteiger partial charge in [-0.25, -0.2) is 9.97 Å². The number of benzene rings is 1. The van der Waals surface area contributed by atoms with Gasteiger partial charge in [0, 0.05) is 37.0 Å². The molecule has 1 aromatic heterocycles. The van der Waals surface area contributed by atoms with Gasteiger partial charge >= 0.3 is 0 Å². The lowest BCUT2D eigenvalue weighted by Crippen LogP contribution is -2.31. The predicted octanol–water partition coefficient (Wildman–Crippen LogP) is 2.76. The molecule has 0 saturated carbocycles. The zero-order chi connectivity index (χ0) is 18.2. The second-order valence-corrected chi connectivity index (χ2v) is 6.35. The summed E-state index contributed by atoms with van der Waals surface area (Å²) in [6, 6.07) is 8.45. The van der Waals surface area contributed by atoms with E-state index < -0.39 is 0 Å². The van der Waals surface area contributed by atoms with Crippen LogP contribution in [0.1, 0.15) is 44.4 Å². The number of aromatic nitrogens is 2. The molecule has 1 aromatic carbocycles. The topological polar surface area (TPSA) is 66.9 Å². The molecule has 0 fully saturated rings. The lowest BCUT2D eigenvalue weighted by molar-refractivity contribution is -0.119. The molecule has 25 heavy (non-hydrogen) atoms. The van der Waals surface area contributed by atoms with Crippen LogP contribution in [0.3, 0.4) is 0 Å². The van der Waals surface area contributed by atoms with Crippen molar-refractivity contribution in [3.8, 4) is 11.8 Å². The number of rotatable bonds is 5. The summed E-state index contributed by atoms with van der Waals surface area (Å²) < 4.78 is 0. The first-order valence-electron chi connectivity index (χ1n) is 8.39. The van der Waals surface area contributed by atoms with Crippen molar-refractivity contribution in [2.24, 2.45) is 0 Å². The Morgan fingerprint density at radius 2 is 1.64 bits per heavy atom. The summed E-state index contributed by atoms with van der Waals surface area (Å²) in [6.07, 6.45) is 4.23. The molecule has 1 unspecified atom stereocenters. The molecular formula is C20H24N4O. The Kier molecular flexibility index (Phi) is 6.53. The summed E-state index contributed by atoms with van der Waals surface area (Å²) in [5, 5.41) is 6.03. The van der Waals surface area contributed by atoms with Gasteiger partial charge in [0.2, 0.25) is 11.9 Å². The van der Waals surface area contributed by atoms with Gasteiger partial charge in [-0.1, -0.05) is 24.0 Å². The van der Waals surface area contributed by atoms with E-state index in [9.17, 15) is 4.79 Å². The summed E-state index contributed by atoms with van der Waals surface area (Å²) in [5.41, 5.74) is 2.87. The average Bonchev–Trinajstić information content (AvgIpc) is 2.54. The van der Waals surface area contributed by atoms with Crippen LogP contribution in [-0.4, -0.2) is 28.0 Å². The fourth-order valence-electron chi connectivity index (χ4n) is 2.35. The fourth-order valence-corrected chi connectivity index (χ4v) is 2.35. The minimum atomic E-state index is -0.00758. The molecule has 1 atom stereocenters. The molecule has 0 saturated heterocycles. The number of anilines is 1. The van der Waals surface area contributed by atoms with Crippen LogP contribution in [0.2, 0.25) is 0 Å². The van der Waals surface area contributed by atoms with Gasteiger partial charge in [-0.15, -0.1) is 0 Å². The van der Waals surface area contributed by atoms with E-state index in [1.165, 1.54) is 12.5 Å². The molecular weight excluding hydrogens is 312 g/mol. The van der Waals surface area contributed by atoms with Gasteiger partial charge < -0.3 is 10.6 Å². The van der Waals surface area contributed by atoms with E-state index in [2.05, 4.69) is 32.4 Å². The van der Waals surface area contributed by atoms with E-state index in [0.717, 1.165) is 17.5 Å². The number of hydrogen-bond acceptors (Lipinski definition) is 4. The largest absolute Gasteiger partial charge is 0.354 e. The first kappa shape index (κ1) is 18.5. The van der Waals surface area contributed by atoms with Crippen LogP contribution >= 0.6 is 0 Å². The average molecular weight is 336 g/mol. The number of nitrogens with one attached hydrogen (secondary N) is 2. The third-order valence-corrected chi connectivity index (χ3v) is 3.37. The molecule has 0 aliphatic rings. The molecule has 2 aromatic rings. The number of nitrogens with zero attached hydrogens (tertiary/aromatic N) is 2. The maximum Gasteiger partial charge on any atom is 0.222 e. The lowest BCUT2D eigenvalue weighted by Gasteiger charge is -2.12. The van der Waals surface area contributed by atoms with Crippen molar-refractivity contribution >= 4 is 11.9 Å². The zero-order valence-electron chi connectivity index (χ0n) is 15.1. The maximum atomic E-state index is 11.0. The quantitative estimate of drug-likeness (QED) is 0.824. The van der Waals surface area contributed by atoms with Gasteiger partial charge in [-0.3, -0.25) is 4.79 Å². The molecule has 5 nitrogen and oxygen atoms in total. The van der Waals surface area contributed by atoms with Gasteiger partial charge in [-0.2, -0.15) is 0 Å². The van der Waals surface area contributed by atoms with Crippen LogP contribution in [0.25, 0.3) is 0 Å². The number of carbonyl (C=O) groups is 1. The minimum absolute atomic E-state index is 0.00758. The molecule has 2 rings (SSSR count). The van der Waals surface area contributed by atoms with Gasteiger partial charge in [0.05, 0.1) is 5.56 Å². The first-order valence-corrected chi connectivity index (χ1v) is 8.39. The van der Waals surface area contributed by atoms with Crippen molar-refractivity contribution in [2.75, 3.05) is 5.32 Å². The van der Waals surface area contributed by atoms with Crippen molar-refractivity contribution in [1.82, 2.24) is 15.3 Å². The third kappa shape index (κ3) is 6.64. The molecule has 1 heterocycles. The van der Waals surface area contributed by atoms with Crippen molar-refractivity contribution in [3.05, 3.63) is 53.3 Å². The molecule has 0 aliphatic heterocycles. The number of hydrogen-bond donors (Lipinski definition) is 2. The maximum absolute atomic E-state index is 11.0. The summed E-state index contributed by atoms with van der Waals surface area (Å²) in [7, 11) is 0. The van der Waals surface area contributed by atoms with E-state index in [0.29, 0.717) is 12.0 Å². The normalized spacial score (nSPS) is 11.4. The van der Waals surface area contributed by atoms with Crippen molar-refractivity contribution in [1.29, 1.82) is 0 Å². The van der Waals surface area contributed by atoms with Crippen LogP contribution in [0, 0.1) is 11.8 Å². The smallest absolute Gasteiger partial charge is 0.222 e. The molecule has 5 heteroatoms. The molecule has 2 N–H and O–H groups in total. The van der Waals surface area contributed by atoms with Gasteiger partial charge in [0.1, 0.15) is 0 Å². The highest BCUT2D eigenvalue weighted by atomic mass is 16.1. The summed E-state index contributed by atoms with van der Waals surface area (Å²) in [5.74, 6) is 6.78. The highest BCUT2D eigenvalue weighted by Gasteiger charge is 2.04. The predicted molar refractivity (Wildman–Crippen MR) is 100 cm³/mol. The fraction of sp³-hybridized carbons (Fsp3) is 0.350. The Morgan fingerprint density at radius 1 is 1.04 bits per heavy atom. The van der Waals surface area contributed by atoms with Crippen LogP contribution in [0.15, 0.2) is 36.7 Å². The highest BCUT2D eigenvalue weighted by molar-refractivity contribution is 5.73. The summed E-state index contributed by atoms with van der Waals surface area (Å²) >= 11 is 0. The van der Waals surface area contributed by atoms with Crippen molar-refractivity contribution in [2.45, 2.75) is 46.2 Å². The monoisotopic (exact) mass is 336 g/mol. The molecule has 0 spiro atoms. The Bertz CT molecular complexity index is 755. The lowest BCUT2D eigenvalue weighted by atomic mass is 10.1. The molecule has 0 radical (unpaired) electrons. The van der Waals surface area contributed by atoms with Crippen LogP contribution < -0.4 is 10.6 Å². The van der Waals surface area contributed by atoms with E-state index in [1.807, 2.05) is 45.0 Å². The minimum Gasteiger partial charge on any atom is -0.354 e. The van der Waals surface area contributed by atoms with Gasteiger partial charge in [0.15, 0.2) is 0 Å². The first-order chi connectivity index (χ1) is 11.9. The van der Waals surface area contributed by atoms with Crippen LogP contribution in [-0.2, 0) is 11.2 Å². The van der Waals surface area contributed by atoms with Crippen LogP contribution in [0.5, 0.6) is 0 Å². The SMILES string of the molecule is CC(=O)NC(C)Cc1ccc(C#Cc2cnc(NC(C)C)nc2)cc1. The molecule has 130 valence electrons. The Morgan fingerprint density at radius 3 is 2.20 bits per heavy atom. The zero-order valence-corrected chi connectivity index (χ0v) is 15.1. The molecule has 0 bridgehead atoms. The van der Waals surface area contributed by atoms with E-state index in [1.54, 1.807) is 12.4 Å². The molecule has 0 aliphatic carbocycles. The van der Waals surface area contributed by atoms with Gasteiger partial charge in [0.25, 0.3) is 0 Å². The van der Waals surface area contributed by atoms with Gasteiger partial charge in [-0.05, 0) is 44.9 Å². The number of carbonyl (C=O) groups excluding carboxylic acids is 1. The van der Waals surface area contributed by atoms with Crippen molar-refractivity contribution in [3.63, 3.8) is 0 Å². The van der Waals surface area contributed by atoms with E-state index in [4.69, 9.17) is 0 Å². The summed E-state index contributed by atoms with van der Waals surface area (Å²) in [4.78, 5) is 19.5. The van der Waals surface area contributed by atoms with Crippen molar-refractivity contribution < 1.29 is 4.79 Å². The number of amides is 1. The van der Waals surface area contributed by atoms with Crippen LogP contribution in [0.4, 0.5) is 5.95 Å². The Balaban J connectivity index is 1.97. The third-order valence-electron chi connectivity index (χ3n) is 3.37. The van der Waals surface area contributed by atoms with E-state index >= 15 is 0 Å². The Hall–Kier alpha value is -2.87.